The second-order valence-corrected chi connectivity index (χ2v) is 5.29. The fourth-order valence-corrected chi connectivity index (χ4v) is 2.21. The first-order valence-electron chi connectivity index (χ1n) is 6.34. The predicted octanol–water partition coefficient (Wildman–Crippen LogP) is 3.90. The molecule has 1 N–H and O–H groups in total. The summed E-state index contributed by atoms with van der Waals surface area (Å²) in [5.41, 5.74) is 3.60. The molecule has 0 saturated heterocycles. The first kappa shape index (κ1) is 14.6. The lowest BCUT2D eigenvalue weighted by Gasteiger charge is -2.13. The van der Waals surface area contributed by atoms with Crippen molar-refractivity contribution < 1.29 is 4.79 Å². The number of carbonyl (C=O) groups is 1. The van der Waals surface area contributed by atoms with Gasteiger partial charge in [-0.1, -0.05) is 34.1 Å². The summed E-state index contributed by atoms with van der Waals surface area (Å²) in [6.45, 7) is 0. The smallest absolute Gasteiger partial charge is 0.255 e. The first-order chi connectivity index (χ1) is 9.60. The zero-order chi connectivity index (χ0) is 14.5. The maximum absolute atomic E-state index is 12.2. The van der Waals surface area contributed by atoms with E-state index in [0.717, 1.165) is 22.3 Å². The first-order valence-corrected chi connectivity index (χ1v) is 7.46. The molecule has 0 radical (unpaired) electrons. The number of alkyl halides is 1. The number of hydrogen-bond acceptors (Lipinski definition) is 2. The van der Waals surface area contributed by atoms with Crippen LogP contribution in [0.1, 0.15) is 15.9 Å². The van der Waals surface area contributed by atoms with Gasteiger partial charge in [0.15, 0.2) is 0 Å². The minimum atomic E-state index is -0.0968. The lowest BCUT2D eigenvalue weighted by Crippen LogP contribution is -2.14. The molecule has 0 unspecified atom stereocenters. The van der Waals surface area contributed by atoms with Crippen molar-refractivity contribution in [2.45, 2.75) is 5.33 Å². The van der Waals surface area contributed by atoms with Gasteiger partial charge in [0.2, 0.25) is 0 Å². The Morgan fingerprint density at radius 3 is 2.60 bits per heavy atom. The van der Waals surface area contributed by atoms with Gasteiger partial charge >= 0.3 is 0 Å². The second-order valence-electron chi connectivity index (χ2n) is 4.73. The summed E-state index contributed by atoms with van der Waals surface area (Å²) < 4.78 is 0. The Hall–Kier alpha value is -1.81. The molecule has 0 bridgehead atoms. The van der Waals surface area contributed by atoms with Crippen LogP contribution in [0.5, 0.6) is 0 Å². The van der Waals surface area contributed by atoms with Gasteiger partial charge in [-0.15, -0.1) is 0 Å². The van der Waals surface area contributed by atoms with Crippen molar-refractivity contribution >= 4 is 33.2 Å². The van der Waals surface area contributed by atoms with Gasteiger partial charge in [0.25, 0.3) is 5.91 Å². The van der Waals surface area contributed by atoms with E-state index in [-0.39, 0.29) is 5.91 Å². The SMILES string of the molecule is CN(C)c1cccc(C(=O)Nc2cccc(CBr)c2)c1. The largest absolute Gasteiger partial charge is 0.378 e. The molecule has 4 heteroatoms. The maximum atomic E-state index is 12.2. The number of nitrogens with zero attached hydrogens (tertiary/aromatic N) is 1. The van der Waals surface area contributed by atoms with Crippen molar-refractivity contribution in [2.75, 3.05) is 24.3 Å². The Morgan fingerprint density at radius 2 is 1.90 bits per heavy atom. The monoisotopic (exact) mass is 332 g/mol. The van der Waals surface area contributed by atoms with Crippen LogP contribution in [0.3, 0.4) is 0 Å². The zero-order valence-electron chi connectivity index (χ0n) is 11.6. The van der Waals surface area contributed by atoms with E-state index in [1.54, 1.807) is 0 Å². The van der Waals surface area contributed by atoms with Crippen molar-refractivity contribution in [2.24, 2.45) is 0 Å². The highest BCUT2D eigenvalue weighted by Crippen LogP contribution is 2.17. The van der Waals surface area contributed by atoms with Crippen molar-refractivity contribution in [3.05, 3.63) is 59.7 Å². The number of benzene rings is 2. The molecule has 1 amide bonds. The van der Waals surface area contributed by atoms with Crippen molar-refractivity contribution in [3.8, 4) is 0 Å². The maximum Gasteiger partial charge on any atom is 0.255 e. The van der Waals surface area contributed by atoms with Crippen LogP contribution < -0.4 is 10.2 Å². The van der Waals surface area contributed by atoms with E-state index in [0.29, 0.717) is 5.56 Å². The molecule has 3 nitrogen and oxygen atoms in total. The number of anilines is 2. The van der Waals surface area contributed by atoms with Crippen molar-refractivity contribution in [1.29, 1.82) is 0 Å². The van der Waals surface area contributed by atoms with Gasteiger partial charge in [-0.2, -0.15) is 0 Å². The van der Waals surface area contributed by atoms with E-state index in [9.17, 15) is 4.79 Å². The van der Waals surface area contributed by atoms with Crippen LogP contribution in [0.25, 0.3) is 0 Å². The molecule has 0 aliphatic rings. The molecule has 0 saturated carbocycles. The fourth-order valence-electron chi connectivity index (χ4n) is 1.86. The Labute approximate surface area is 127 Å². The van der Waals surface area contributed by atoms with Gasteiger partial charge < -0.3 is 10.2 Å². The average molecular weight is 333 g/mol. The predicted molar refractivity (Wildman–Crippen MR) is 87.8 cm³/mol. The van der Waals surface area contributed by atoms with Gasteiger partial charge in [-0.05, 0) is 35.9 Å². The van der Waals surface area contributed by atoms with Gasteiger partial charge in [-0.25, -0.2) is 0 Å². The van der Waals surface area contributed by atoms with Gasteiger partial charge in [-0.3, -0.25) is 4.79 Å². The molecule has 0 aromatic heterocycles. The molecular weight excluding hydrogens is 316 g/mol. The summed E-state index contributed by atoms with van der Waals surface area (Å²) in [4.78, 5) is 14.2. The number of halogens is 1. The number of hydrogen-bond donors (Lipinski definition) is 1. The van der Waals surface area contributed by atoms with E-state index in [4.69, 9.17) is 0 Å². The van der Waals surface area contributed by atoms with Crippen molar-refractivity contribution in [3.63, 3.8) is 0 Å². The standard InChI is InChI=1S/C16H17BrN2O/c1-19(2)15-8-4-6-13(10-15)16(20)18-14-7-3-5-12(9-14)11-17/h3-10H,11H2,1-2H3,(H,18,20). The van der Waals surface area contributed by atoms with Crippen LogP contribution in [0.2, 0.25) is 0 Å². The Kier molecular flexibility index (Phi) is 4.79. The van der Waals surface area contributed by atoms with Crippen molar-refractivity contribution in [1.82, 2.24) is 0 Å². The lowest BCUT2D eigenvalue weighted by molar-refractivity contribution is 0.102. The molecule has 0 heterocycles. The molecule has 2 aromatic rings. The highest BCUT2D eigenvalue weighted by Gasteiger charge is 2.07. The van der Waals surface area contributed by atoms with Gasteiger partial charge in [0.05, 0.1) is 0 Å². The minimum Gasteiger partial charge on any atom is -0.378 e. The summed E-state index contributed by atoms with van der Waals surface area (Å²) in [5, 5.41) is 3.69. The fraction of sp³-hybridized carbons (Fsp3) is 0.188. The topological polar surface area (TPSA) is 32.3 Å². The molecule has 0 aliphatic carbocycles. The van der Waals surface area contributed by atoms with Crippen LogP contribution in [-0.2, 0) is 5.33 Å². The lowest BCUT2D eigenvalue weighted by atomic mass is 10.1. The molecule has 2 rings (SSSR count). The number of rotatable bonds is 4. The van der Waals surface area contributed by atoms with E-state index in [1.807, 2.05) is 67.5 Å². The van der Waals surface area contributed by atoms with E-state index < -0.39 is 0 Å². The quantitative estimate of drug-likeness (QED) is 0.861. The Balaban J connectivity index is 2.17. The van der Waals surface area contributed by atoms with E-state index in [1.165, 1.54) is 0 Å². The molecule has 0 fully saturated rings. The van der Waals surface area contributed by atoms with Crippen LogP contribution in [0.4, 0.5) is 11.4 Å². The molecule has 20 heavy (non-hydrogen) atoms. The van der Waals surface area contributed by atoms with Crippen LogP contribution in [0.15, 0.2) is 48.5 Å². The molecule has 0 aliphatic heterocycles. The summed E-state index contributed by atoms with van der Waals surface area (Å²) in [6.07, 6.45) is 0. The van der Waals surface area contributed by atoms with Gasteiger partial charge in [0, 0.05) is 36.4 Å². The summed E-state index contributed by atoms with van der Waals surface area (Å²) in [7, 11) is 3.91. The zero-order valence-corrected chi connectivity index (χ0v) is 13.1. The summed E-state index contributed by atoms with van der Waals surface area (Å²) in [5.74, 6) is -0.0968. The highest BCUT2D eigenvalue weighted by atomic mass is 79.9. The molecule has 2 aromatic carbocycles. The summed E-state index contributed by atoms with van der Waals surface area (Å²) >= 11 is 3.41. The Morgan fingerprint density at radius 1 is 1.15 bits per heavy atom. The number of carbonyl (C=O) groups excluding carboxylic acids is 1. The van der Waals surface area contributed by atoms with Crippen LogP contribution in [-0.4, -0.2) is 20.0 Å². The number of amides is 1. The van der Waals surface area contributed by atoms with E-state index in [2.05, 4.69) is 21.2 Å². The minimum absolute atomic E-state index is 0.0968. The normalized spacial score (nSPS) is 10.2. The van der Waals surface area contributed by atoms with Crippen LogP contribution >= 0.6 is 15.9 Å². The third kappa shape index (κ3) is 3.61. The summed E-state index contributed by atoms with van der Waals surface area (Å²) in [6, 6.07) is 15.4. The molecular formula is C16H17BrN2O. The van der Waals surface area contributed by atoms with Gasteiger partial charge in [0.1, 0.15) is 0 Å². The molecule has 104 valence electrons. The third-order valence-electron chi connectivity index (χ3n) is 2.96. The highest BCUT2D eigenvalue weighted by molar-refractivity contribution is 9.08. The number of nitrogens with one attached hydrogen (secondary N) is 1. The molecule has 0 atom stereocenters. The molecule has 0 spiro atoms. The Bertz CT molecular complexity index is 611. The van der Waals surface area contributed by atoms with Crippen LogP contribution in [0, 0.1) is 0 Å². The van der Waals surface area contributed by atoms with E-state index >= 15 is 0 Å². The average Bonchev–Trinajstić information content (AvgIpc) is 2.47. The second kappa shape index (κ2) is 6.57. The third-order valence-corrected chi connectivity index (χ3v) is 3.61.